The molecular weight excluding hydrogens is 436 g/mol. The molecule has 1 N–H and O–H groups in total. The van der Waals surface area contributed by atoms with Gasteiger partial charge in [-0.3, -0.25) is 4.79 Å². The molecule has 0 radical (unpaired) electrons. The molecule has 0 saturated heterocycles. The number of benzene rings is 3. The second kappa shape index (κ2) is 8.95. The molecule has 1 unspecified atom stereocenters. The summed E-state index contributed by atoms with van der Waals surface area (Å²) in [4.78, 5) is 19.8. The van der Waals surface area contributed by atoms with Crippen LogP contribution in [0.25, 0.3) is 23.1 Å². The van der Waals surface area contributed by atoms with Crippen LogP contribution in [0.1, 0.15) is 33.2 Å². The molecule has 3 aromatic carbocycles. The van der Waals surface area contributed by atoms with E-state index in [0.29, 0.717) is 5.02 Å². The van der Waals surface area contributed by atoms with Crippen molar-refractivity contribution in [3.63, 3.8) is 0 Å². The molecular formula is C27H19ClN2OS. The van der Waals surface area contributed by atoms with Crippen molar-refractivity contribution in [1.82, 2.24) is 9.97 Å². The van der Waals surface area contributed by atoms with Gasteiger partial charge in [0.2, 0.25) is 5.56 Å². The maximum absolute atomic E-state index is 12.3. The number of pyridine rings is 1. The summed E-state index contributed by atoms with van der Waals surface area (Å²) in [5.41, 5.74) is 4.88. The fourth-order valence-electron chi connectivity index (χ4n) is 3.87. The fourth-order valence-corrected chi connectivity index (χ4v) is 4.79. The Hall–Kier alpha value is -3.47. The minimum Gasteiger partial charge on any atom is -0.322 e. The molecule has 5 aromatic rings. The highest BCUT2D eigenvalue weighted by atomic mass is 35.5. The van der Waals surface area contributed by atoms with Gasteiger partial charge in [-0.2, -0.15) is 0 Å². The first kappa shape index (κ1) is 20.4. The standard InChI is InChI=1S/C27H19ClN2OS/c28-22-11-8-19(9-12-22)26(27-29-14-15-32-27)21-10-13-24-23(16-21)20(17-25(31)30-24)7-6-18-4-2-1-3-5-18/h1-17,26H,(H,30,31). The third-order valence-corrected chi connectivity index (χ3v) is 6.48. The Morgan fingerprint density at radius 3 is 2.44 bits per heavy atom. The van der Waals surface area contributed by atoms with Crippen LogP contribution in [0.15, 0.2) is 95.2 Å². The van der Waals surface area contributed by atoms with E-state index >= 15 is 0 Å². The lowest BCUT2D eigenvalue weighted by Crippen LogP contribution is -2.07. The Morgan fingerprint density at radius 1 is 0.906 bits per heavy atom. The molecule has 0 saturated carbocycles. The zero-order valence-corrected chi connectivity index (χ0v) is 18.6. The van der Waals surface area contributed by atoms with Gasteiger partial charge in [0.1, 0.15) is 5.01 Å². The summed E-state index contributed by atoms with van der Waals surface area (Å²) in [6, 6.07) is 25.8. The molecule has 0 bridgehead atoms. The van der Waals surface area contributed by atoms with E-state index in [9.17, 15) is 4.79 Å². The summed E-state index contributed by atoms with van der Waals surface area (Å²) in [5.74, 6) is -0.0189. The average Bonchev–Trinajstić information content (AvgIpc) is 3.34. The zero-order valence-electron chi connectivity index (χ0n) is 17.0. The molecule has 5 heteroatoms. The first-order valence-corrected chi connectivity index (χ1v) is 11.5. The van der Waals surface area contributed by atoms with E-state index in [1.807, 2.05) is 84.4 Å². The normalized spacial score (nSPS) is 12.4. The highest BCUT2D eigenvalue weighted by molar-refractivity contribution is 7.09. The van der Waals surface area contributed by atoms with Crippen LogP contribution < -0.4 is 5.56 Å². The van der Waals surface area contributed by atoms with Crippen molar-refractivity contribution >= 4 is 46.0 Å². The van der Waals surface area contributed by atoms with Crippen molar-refractivity contribution in [1.29, 1.82) is 0 Å². The SMILES string of the molecule is O=c1cc(C=Cc2ccccc2)c2cc(C(c3ccc(Cl)cc3)c3nccs3)ccc2[nH]1. The Labute approximate surface area is 194 Å². The molecule has 0 aliphatic rings. The first-order chi connectivity index (χ1) is 15.7. The predicted octanol–water partition coefficient (Wildman–Crippen LogP) is 6.99. The van der Waals surface area contributed by atoms with Gasteiger partial charge in [-0.15, -0.1) is 11.3 Å². The quantitative estimate of drug-likeness (QED) is 0.311. The molecule has 0 aliphatic carbocycles. The van der Waals surface area contributed by atoms with Crippen molar-refractivity contribution < 1.29 is 0 Å². The number of hydrogen-bond donors (Lipinski definition) is 1. The number of nitrogens with one attached hydrogen (secondary N) is 1. The van der Waals surface area contributed by atoms with E-state index < -0.39 is 0 Å². The minimum atomic E-state index is -0.118. The molecule has 0 aliphatic heterocycles. The fraction of sp³-hybridized carbons (Fsp3) is 0.0370. The predicted molar refractivity (Wildman–Crippen MR) is 134 cm³/mol. The average molecular weight is 455 g/mol. The summed E-state index contributed by atoms with van der Waals surface area (Å²) in [5, 5.41) is 4.70. The highest BCUT2D eigenvalue weighted by Gasteiger charge is 2.20. The van der Waals surface area contributed by atoms with Gasteiger partial charge in [-0.1, -0.05) is 72.3 Å². The number of H-pyrrole nitrogens is 1. The van der Waals surface area contributed by atoms with Gasteiger partial charge in [0.15, 0.2) is 0 Å². The van der Waals surface area contributed by atoms with E-state index in [-0.39, 0.29) is 11.5 Å². The molecule has 156 valence electrons. The topological polar surface area (TPSA) is 45.8 Å². The minimum absolute atomic E-state index is 0.0189. The molecule has 3 nitrogen and oxygen atoms in total. The van der Waals surface area contributed by atoms with Crippen LogP contribution in [0.5, 0.6) is 0 Å². The van der Waals surface area contributed by atoms with Crippen molar-refractivity contribution in [3.05, 3.63) is 133 Å². The van der Waals surface area contributed by atoms with Gasteiger partial charge in [-0.25, -0.2) is 4.98 Å². The second-order valence-corrected chi connectivity index (χ2v) is 8.86. The van der Waals surface area contributed by atoms with Crippen molar-refractivity contribution in [2.75, 3.05) is 0 Å². The van der Waals surface area contributed by atoms with E-state index in [1.54, 1.807) is 17.4 Å². The maximum Gasteiger partial charge on any atom is 0.249 e. The Balaban J connectivity index is 1.65. The summed E-state index contributed by atoms with van der Waals surface area (Å²) in [6.45, 7) is 0. The third-order valence-electron chi connectivity index (χ3n) is 5.39. The summed E-state index contributed by atoms with van der Waals surface area (Å²) in [6.07, 6.45) is 5.85. The molecule has 32 heavy (non-hydrogen) atoms. The van der Waals surface area contributed by atoms with Crippen LogP contribution in [0.3, 0.4) is 0 Å². The number of rotatable bonds is 5. The van der Waals surface area contributed by atoms with Gasteiger partial charge in [-0.05, 0) is 46.5 Å². The van der Waals surface area contributed by atoms with Crippen LogP contribution >= 0.6 is 22.9 Å². The van der Waals surface area contributed by atoms with Gasteiger partial charge >= 0.3 is 0 Å². The maximum atomic E-state index is 12.3. The highest BCUT2D eigenvalue weighted by Crippen LogP contribution is 2.35. The largest absolute Gasteiger partial charge is 0.322 e. The molecule has 0 amide bonds. The summed E-state index contributed by atoms with van der Waals surface area (Å²) in [7, 11) is 0. The van der Waals surface area contributed by atoms with E-state index in [2.05, 4.69) is 22.1 Å². The monoisotopic (exact) mass is 454 g/mol. The van der Waals surface area contributed by atoms with Gasteiger partial charge in [0.25, 0.3) is 0 Å². The smallest absolute Gasteiger partial charge is 0.249 e. The second-order valence-electron chi connectivity index (χ2n) is 7.49. The van der Waals surface area contributed by atoms with E-state index in [0.717, 1.165) is 38.2 Å². The summed E-state index contributed by atoms with van der Waals surface area (Å²) < 4.78 is 0. The number of aromatic amines is 1. The van der Waals surface area contributed by atoms with Crippen LogP contribution in [-0.4, -0.2) is 9.97 Å². The molecule has 5 rings (SSSR count). The number of thiazole rings is 1. The van der Waals surface area contributed by atoms with E-state index in [4.69, 9.17) is 11.6 Å². The number of aromatic nitrogens is 2. The van der Waals surface area contributed by atoms with Crippen molar-refractivity contribution in [2.24, 2.45) is 0 Å². The van der Waals surface area contributed by atoms with Crippen LogP contribution in [0, 0.1) is 0 Å². The summed E-state index contributed by atoms with van der Waals surface area (Å²) >= 11 is 7.76. The van der Waals surface area contributed by atoms with Crippen molar-refractivity contribution in [3.8, 4) is 0 Å². The molecule has 2 heterocycles. The lowest BCUT2D eigenvalue weighted by Gasteiger charge is -2.17. The Kier molecular flexibility index (Phi) is 5.71. The van der Waals surface area contributed by atoms with E-state index in [1.165, 1.54) is 0 Å². The lowest BCUT2D eigenvalue weighted by atomic mass is 9.90. The van der Waals surface area contributed by atoms with Crippen molar-refractivity contribution in [2.45, 2.75) is 5.92 Å². The lowest BCUT2D eigenvalue weighted by molar-refractivity contribution is 0.958. The molecule has 0 spiro atoms. The Bertz CT molecular complexity index is 1440. The molecule has 2 aromatic heterocycles. The van der Waals surface area contributed by atoms with Gasteiger partial charge in [0, 0.05) is 33.6 Å². The van der Waals surface area contributed by atoms with Crippen LogP contribution in [0.4, 0.5) is 0 Å². The zero-order chi connectivity index (χ0) is 21.9. The number of halogens is 1. The third kappa shape index (κ3) is 4.28. The molecule has 1 atom stereocenters. The Morgan fingerprint density at radius 2 is 1.69 bits per heavy atom. The molecule has 0 fully saturated rings. The van der Waals surface area contributed by atoms with Crippen LogP contribution in [-0.2, 0) is 0 Å². The van der Waals surface area contributed by atoms with Gasteiger partial charge < -0.3 is 4.98 Å². The van der Waals surface area contributed by atoms with Gasteiger partial charge in [0.05, 0.1) is 5.92 Å². The van der Waals surface area contributed by atoms with Crippen LogP contribution in [0.2, 0.25) is 5.02 Å². The number of fused-ring (bicyclic) bond motifs is 1. The number of nitrogens with zero attached hydrogens (tertiary/aromatic N) is 1. The first-order valence-electron chi connectivity index (χ1n) is 10.2. The number of hydrogen-bond acceptors (Lipinski definition) is 3.